The molecule has 0 bridgehead atoms. The Labute approximate surface area is 180 Å². The lowest BCUT2D eigenvalue weighted by Crippen LogP contribution is -2.34. The highest BCUT2D eigenvalue weighted by Crippen LogP contribution is 2.35. The number of fused-ring (bicyclic) bond motifs is 1. The third kappa shape index (κ3) is 3.80. The number of rotatable bonds is 5. The Balaban J connectivity index is 1.70. The molecular weight excluding hydrogens is 435 g/mol. The van der Waals surface area contributed by atoms with E-state index >= 15 is 0 Å². The summed E-state index contributed by atoms with van der Waals surface area (Å²) in [4.78, 5) is 19.6. The maximum absolute atomic E-state index is 13.3. The van der Waals surface area contributed by atoms with E-state index in [1.807, 2.05) is 48.9 Å². The SMILES string of the molecule is Cc1cc(C)n(CCN(C(=O)c2cc(Cl)sc2Cl)c2nc3ccccc3s2)n1. The molecular formula is C19H16Cl2N4OS2. The number of thiophene rings is 1. The number of nitrogens with zero attached hydrogens (tertiary/aromatic N) is 4. The number of thiazole rings is 1. The van der Waals surface area contributed by atoms with Crippen LogP contribution in [0.25, 0.3) is 10.2 Å². The maximum Gasteiger partial charge on any atom is 0.262 e. The molecule has 0 saturated carbocycles. The second kappa shape index (κ2) is 7.83. The zero-order valence-electron chi connectivity index (χ0n) is 15.1. The summed E-state index contributed by atoms with van der Waals surface area (Å²) in [7, 11) is 0. The van der Waals surface area contributed by atoms with Gasteiger partial charge in [-0.15, -0.1) is 11.3 Å². The predicted molar refractivity (Wildman–Crippen MR) is 117 cm³/mol. The lowest BCUT2D eigenvalue weighted by Gasteiger charge is -2.20. The van der Waals surface area contributed by atoms with Crippen LogP contribution >= 0.6 is 45.9 Å². The van der Waals surface area contributed by atoms with Gasteiger partial charge in [0.15, 0.2) is 5.13 Å². The first-order valence-electron chi connectivity index (χ1n) is 8.55. The van der Waals surface area contributed by atoms with Crippen molar-refractivity contribution in [1.82, 2.24) is 14.8 Å². The lowest BCUT2D eigenvalue weighted by atomic mass is 10.3. The van der Waals surface area contributed by atoms with E-state index < -0.39 is 0 Å². The zero-order valence-corrected chi connectivity index (χ0v) is 18.3. The Bertz CT molecular complexity index is 1130. The van der Waals surface area contributed by atoms with E-state index in [9.17, 15) is 4.79 Å². The van der Waals surface area contributed by atoms with Crippen molar-refractivity contribution >= 4 is 67.1 Å². The van der Waals surface area contributed by atoms with Crippen molar-refractivity contribution in [2.24, 2.45) is 0 Å². The van der Waals surface area contributed by atoms with Crippen LogP contribution < -0.4 is 4.90 Å². The maximum atomic E-state index is 13.3. The molecule has 0 N–H and O–H groups in total. The van der Waals surface area contributed by atoms with E-state index in [0.717, 1.165) is 21.6 Å². The topological polar surface area (TPSA) is 51.0 Å². The van der Waals surface area contributed by atoms with Crippen molar-refractivity contribution in [3.05, 3.63) is 62.0 Å². The highest BCUT2D eigenvalue weighted by atomic mass is 35.5. The Hall–Kier alpha value is -1.93. The number of anilines is 1. The monoisotopic (exact) mass is 450 g/mol. The quantitative estimate of drug-likeness (QED) is 0.384. The smallest absolute Gasteiger partial charge is 0.262 e. The van der Waals surface area contributed by atoms with Crippen LogP contribution in [-0.2, 0) is 6.54 Å². The molecule has 0 unspecified atom stereocenters. The van der Waals surface area contributed by atoms with Crippen LogP contribution in [0.4, 0.5) is 5.13 Å². The first-order valence-corrected chi connectivity index (χ1v) is 10.9. The summed E-state index contributed by atoms with van der Waals surface area (Å²) in [6.07, 6.45) is 0. The van der Waals surface area contributed by atoms with Gasteiger partial charge in [-0.1, -0.05) is 46.7 Å². The van der Waals surface area contributed by atoms with E-state index in [1.165, 1.54) is 22.7 Å². The third-order valence-corrected chi connectivity index (χ3v) is 6.83. The van der Waals surface area contributed by atoms with Crippen molar-refractivity contribution in [2.45, 2.75) is 20.4 Å². The molecule has 0 aliphatic rings. The number of hydrogen-bond donors (Lipinski definition) is 0. The Morgan fingerprint density at radius 1 is 1.18 bits per heavy atom. The zero-order chi connectivity index (χ0) is 19.8. The van der Waals surface area contributed by atoms with Gasteiger partial charge in [0.2, 0.25) is 0 Å². The number of para-hydroxylation sites is 1. The van der Waals surface area contributed by atoms with Crippen LogP contribution in [0.2, 0.25) is 8.67 Å². The largest absolute Gasteiger partial charge is 0.282 e. The first kappa shape index (κ1) is 19.4. The third-order valence-electron chi connectivity index (χ3n) is 4.28. The van der Waals surface area contributed by atoms with Gasteiger partial charge in [0.1, 0.15) is 4.34 Å². The minimum absolute atomic E-state index is 0.214. The molecule has 9 heteroatoms. The number of amides is 1. The molecule has 0 aliphatic carbocycles. The first-order chi connectivity index (χ1) is 13.4. The summed E-state index contributed by atoms with van der Waals surface area (Å²) in [6, 6.07) is 11.5. The minimum atomic E-state index is -0.214. The molecule has 0 radical (unpaired) electrons. The van der Waals surface area contributed by atoms with Gasteiger partial charge in [0, 0.05) is 12.2 Å². The molecule has 1 aromatic carbocycles. The van der Waals surface area contributed by atoms with Crippen molar-refractivity contribution in [1.29, 1.82) is 0 Å². The number of aryl methyl sites for hydroxylation is 2. The number of carbonyl (C=O) groups excluding carboxylic acids is 1. The van der Waals surface area contributed by atoms with Gasteiger partial charge in [-0.05, 0) is 38.1 Å². The van der Waals surface area contributed by atoms with E-state index in [-0.39, 0.29) is 5.91 Å². The molecule has 0 spiro atoms. The molecule has 144 valence electrons. The van der Waals surface area contributed by atoms with Crippen molar-refractivity contribution < 1.29 is 4.79 Å². The normalized spacial score (nSPS) is 11.3. The van der Waals surface area contributed by atoms with Gasteiger partial charge in [0.25, 0.3) is 5.91 Å². The Morgan fingerprint density at radius 3 is 2.61 bits per heavy atom. The number of benzene rings is 1. The minimum Gasteiger partial charge on any atom is -0.282 e. The molecule has 3 aromatic heterocycles. The van der Waals surface area contributed by atoms with Gasteiger partial charge in [0.05, 0.1) is 32.4 Å². The molecule has 28 heavy (non-hydrogen) atoms. The van der Waals surface area contributed by atoms with Crippen molar-refractivity contribution in [3.63, 3.8) is 0 Å². The number of carbonyl (C=O) groups is 1. The molecule has 0 saturated heterocycles. The number of hydrogen-bond acceptors (Lipinski definition) is 5. The van der Waals surface area contributed by atoms with Crippen molar-refractivity contribution in [3.8, 4) is 0 Å². The molecule has 0 atom stereocenters. The van der Waals surface area contributed by atoms with Crippen molar-refractivity contribution in [2.75, 3.05) is 11.4 Å². The summed E-state index contributed by atoms with van der Waals surface area (Å²) in [5, 5.41) is 5.12. The summed E-state index contributed by atoms with van der Waals surface area (Å²) in [5.41, 5.74) is 3.25. The fourth-order valence-corrected chi connectivity index (χ4v) is 5.42. The fourth-order valence-electron chi connectivity index (χ4n) is 2.99. The highest BCUT2D eigenvalue weighted by molar-refractivity contribution is 7.22. The molecule has 1 amide bonds. The van der Waals surface area contributed by atoms with E-state index in [4.69, 9.17) is 23.2 Å². The van der Waals surface area contributed by atoms with Gasteiger partial charge in [-0.25, -0.2) is 4.98 Å². The molecule has 0 aliphatic heterocycles. The average molecular weight is 451 g/mol. The van der Waals surface area contributed by atoms with Crippen LogP contribution in [0.3, 0.4) is 0 Å². The van der Waals surface area contributed by atoms with Crippen LogP contribution in [-0.4, -0.2) is 27.2 Å². The second-order valence-electron chi connectivity index (χ2n) is 6.31. The highest BCUT2D eigenvalue weighted by Gasteiger charge is 2.25. The standard InChI is InChI=1S/C19H16Cl2N4OS2/c1-11-9-12(2)25(23-11)8-7-24(18(26)13-10-16(20)28-17(13)21)19-22-14-5-3-4-6-15(14)27-19/h3-6,9-10H,7-8H2,1-2H3. The number of aromatic nitrogens is 3. The van der Waals surface area contributed by atoms with Crippen LogP contribution in [0.5, 0.6) is 0 Å². The molecule has 3 heterocycles. The predicted octanol–water partition coefficient (Wildman–Crippen LogP) is 5.82. The summed E-state index contributed by atoms with van der Waals surface area (Å²) in [6.45, 7) is 4.92. The number of halogens is 2. The van der Waals surface area contributed by atoms with Gasteiger partial charge < -0.3 is 0 Å². The van der Waals surface area contributed by atoms with E-state index in [2.05, 4.69) is 10.1 Å². The fraction of sp³-hybridized carbons (Fsp3) is 0.211. The van der Waals surface area contributed by atoms with Gasteiger partial charge in [-0.2, -0.15) is 5.10 Å². The Kier molecular flexibility index (Phi) is 5.42. The summed E-state index contributed by atoms with van der Waals surface area (Å²) < 4.78 is 3.78. The Morgan fingerprint density at radius 2 is 1.96 bits per heavy atom. The lowest BCUT2D eigenvalue weighted by molar-refractivity contribution is 0.0986. The van der Waals surface area contributed by atoms with E-state index in [1.54, 1.807) is 11.0 Å². The summed E-state index contributed by atoms with van der Waals surface area (Å²) >= 11 is 15.0. The average Bonchev–Trinajstić information content (AvgIpc) is 3.31. The van der Waals surface area contributed by atoms with Crippen LogP contribution in [0, 0.1) is 13.8 Å². The molecule has 5 nitrogen and oxygen atoms in total. The van der Waals surface area contributed by atoms with Crippen LogP contribution in [0.15, 0.2) is 36.4 Å². The summed E-state index contributed by atoms with van der Waals surface area (Å²) in [5.74, 6) is -0.214. The second-order valence-corrected chi connectivity index (χ2v) is 9.60. The van der Waals surface area contributed by atoms with E-state index in [0.29, 0.717) is 32.5 Å². The molecule has 0 fully saturated rings. The van der Waals surface area contributed by atoms with Gasteiger partial charge in [-0.3, -0.25) is 14.4 Å². The van der Waals surface area contributed by atoms with Gasteiger partial charge >= 0.3 is 0 Å². The molecule has 4 rings (SSSR count). The molecule has 4 aromatic rings. The van der Waals surface area contributed by atoms with Crippen LogP contribution in [0.1, 0.15) is 21.7 Å².